The highest BCUT2D eigenvalue weighted by Crippen LogP contribution is 2.15. The fraction of sp³-hybridized carbons (Fsp3) is 0.500. The van der Waals surface area contributed by atoms with Crippen molar-refractivity contribution >= 4 is 21.9 Å². The SMILES string of the molecule is CNC(=O)C(C)(C)CNS(=O)(=O)c1cnc(N)nc1. The van der Waals surface area contributed by atoms with E-state index in [9.17, 15) is 13.2 Å². The molecule has 9 heteroatoms. The molecular formula is C10H17N5O3S. The number of hydrogen-bond acceptors (Lipinski definition) is 6. The summed E-state index contributed by atoms with van der Waals surface area (Å²) < 4.78 is 26.2. The van der Waals surface area contributed by atoms with Crippen LogP contribution in [0.15, 0.2) is 17.3 Å². The maximum Gasteiger partial charge on any atom is 0.243 e. The lowest BCUT2D eigenvalue weighted by Gasteiger charge is -2.22. The van der Waals surface area contributed by atoms with E-state index in [2.05, 4.69) is 20.0 Å². The number of hydrogen-bond donors (Lipinski definition) is 3. The molecule has 0 saturated carbocycles. The fourth-order valence-corrected chi connectivity index (χ4v) is 2.34. The van der Waals surface area contributed by atoms with Gasteiger partial charge in [0.2, 0.25) is 21.9 Å². The van der Waals surface area contributed by atoms with Crippen molar-refractivity contribution in [3.63, 3.8) is 0 Å². The van der Waals surface area contributed by atoms with Crippen molar-refractivity contribution in [1.29, 1.82) is 0 Å². The Morgan fingerprint density at radius 1 is 1.37 bits per heavy atom. The van der Waals surface area contributed by atoms with Crippen LogP contribution in [0.1, 0.15) is 13.8 Å². The molecule has 0 saturated heterocycles. The molecule has 1 amide bonds. The zero-order valence-electron chi connectivity index (χ0n) is 11.0. The van der Waals surface area contributed by atoms with E-state index in [0.717, 1.165) is 12.4 Å². The second-order valence-corrected chi connectivity index (χ2v) is 6.33. The van der Waals surface area contributed by atoms with Crippen LogP contribution in [-0.2, 0) is 14.8 Å². The third-order valence-corrected chi connectivity index (χ3v) is 3.86. The lowest BCUT2D eigenvalue weighted by molar-refractivity contribution is -0.128. The molecule has 0 aliphatic rings. The van der Waals surface area contributed by atoms with Crippen molar-refractivity contribution in [2.45, 2.75) is 18.7 Å². The quantitative estimate of drug-likeness (QED) is 0.644. The van der Waals surface area contributed by atoms with Gasteiger partial charge in [-0.05, 0) is 13.8 Å². The summed E-state index contributed by atoms with van der Waals surface area (Å²) in [6.07, 6.45) is 2.22. The van der Waals surface area contributed by atoms with Crippen LogP contribution >= 0.6 is 0 Å². The third-order valence-electron chi connectivity index (χ3n) is 2.50. The minimum atomic E-state index is -3.76. The van der Waals surface area contributed by atoms with Gasteiger partial charge in [-0.1, -0.05) is 0 Å². The topological polar surface area (TPSA) is 127 Å². The molecule has 1 heterocycles. The number of amides is 1. The van der Waals surface area contributed by atoms with Crippen LogP contribution < -0.4 is 15.8 Å². The summed E-state index contributed by atoms with van der Waals surface area (Å²) in [6, 6.07) is 0. The minimum absolute atomic E-state index is 0.00959. The molecule has 106 valence electrons. The van der Waals surface area contributed by atoms with Crippen molar-refractivity contribution in [2.75, 3.05) is 19.3 Å². The Labute approximate surface area is 111 Å². The molecule has 0 aliphatic heterocycles. The van der Waals surface area contributed by atoms with Crippen LogP contribution in [0.4, 0.5) is 5.95 Å². The summed E-state index contributed by atoms with van der Waals surface area (Å²) in [5.74, 6) is -0.270. The molecule has 1 aromatic heterocycles. The van der Waals surface area contributed by atoms with E-state index in [-0.39, 0.29) is 23.3 Å². The van der Waals surface area contributed by atoms with E-state index < -0.39 is 15.4 Å². The van der Waals surface area contributed by atoms with Gasteiger partial charge in [-0.3, -0.25) is 4.79 Å². The van der Waals surface area contributed by atoms with Crippen LogP contribution in [0.5, 0.6) is 0 Å². The molecule has 0 unspecified atom stereocenters. The first-order chi connectivity index (χ1) is 8.69. The summed E-state index contributed by atoms with van der Waals surface area (Å²) in [6.45, 7) is 3.22. The van der Waals surface area contributed by atoms with Gasteiger partial charge >= 0.3 is 0 Å². The molecule has 0 bridgehead atoms. The van der Waals surface area contributed by atoms with E-state index in [1.165, 1.54) is 7.05 Å². The maximum atomic E-state index is 11.9. The van der Waals surface area contributed by atoms with Crippen LogP contribution in [0.3, 0.4) is 0 Å². The summed E-state index contributed by atoms with van der Waals surface area (Å²) in [7, 11) is -2.27. The molecule has 0 aromatic carbocycles. The smallest absolute Gasteiger partial charge is 0.243 e. The summed E-state index contributed by atoms with van der Waals surface area (Å²) in [5, 5.41) is 2.47. The first-order valence-electron chi connectivity index (χ1n) is 5.48. The van der Waals surface area contributed by atoms with Gasteiger partial charge in [-0.2, -0.15) is 0 Å². The zero-order valence-corrected chi connectivity index (χ0v) is 11.8. The van der Waals surface area contributed by atoms with Crippen molar-refractivity contribution < 1.29 is 13.2 Å². The molecule has 0 spiro atoms. The predicted molar refractivity (Wildman–Crippen MR) is 69.5 cm³/mol. The van der Waals surface area contributed by atoms with E-state index in [4.69, 9.17) is 5.73 Å². The van der Waals surface area contributed by atoms with Crippen LogP contribution in [-0.4, -0.2) is 37.9 Å². The Balaban J connectivity index is 2.82. The standard InChI is InChI=1S/C10H17N5O3S/c1-10(2,8(16)12-3)6-15-19(17,18)7-4-13-9(11)14-5-7/h4-5,15H,6H2,1-3H3,(H,12,16)(H2,11,13,14). The fourth-order valence-electron chi connectivity index (χ4n) is 1.24. The van der Waals surface area contributed by atoms with Crippen molar-refractivity contribution in [1.82, 2.24) is 20.0 Å². The molecule has 0 radical (unpaired) electrons. The summed E-state index contributed by atoms with van der Waals surface area (Å²) >= 11 is 0. The molecule has 0 aliphatic carbocycles. The molecule has 1 aromatic rings. The molecule has 1 rings (SSSR count). The van der Waals surface area contributed by atoms with Gasteiger partial charge in [0, 0.05) is 13.6 Å². The summed E-state index contributed by atoms with van der Waals surface area (Å²) in [4.78, 5) is 18.7. The van der Waals surface area contributed by atoms with Gasteiger partial charge in [0.1, 0.15) is 4.90 Å². The maximum absolute atomic E-state index is 11.9. The number of anilines is 1. The van der Waals surface area contributed by atoms with E-state index in [1.807, 2.05) is 0 Å². The summed E-state index contributed by atoms with van der Waals surface area (Å²) in [5.41, 5.74) is 4.42. The Bertz CT molecular complexity index is 553. The highest BCUT2D eigenvalue weighted by Gasteiger charge is 2.29. The molecular weight excluding hydrogens is 270 g/mol. The van der Waals surface area contributed by atoms with E-state index >= 15 is 0 Å². The second kappa shape index (κ2) is 5.49. The van der Waals surface area contributed by atoms with Gasteiger partial charge in [-0.15, -0.1) is 0 Å². The Hall–Kier alpha value is -1.74. The van der Waals surface area contributed by atoms with Gasteiger partial charge in [0.05, 0.1) is 17.8 Å². The van der Waals surface area contributed by atoms with Crippen molar-refractivity contribution in [3.8, 4) is 0 Å². The Kier molecular flexibility index (Phi) is 4.43. The van der Waals surface area contributed by atoms with Crippen LogP contribution in [0.25, 0.3) is 0 Å². The highest BCUT2D eigenvalue weighted by molar-refractivity contribution is 7.89. The molecule has 0 fully saturated rings. The first kappa shape index (κ1) is 15.3. The average Bonchev–Trinajstić information content (AvgIpc) is 2.36. The van der Waals surface area contributed by atoms with Crippen molar-refractivity contribution in [3.05, 3.63) is 12.4 Å². The first-order valence-corrected chi connectivity index (χ1v) is 6.97. The number of nitrogens with one attached hydrogen (secondary N) is 2. The van der Waals surface area contributed by atoms with Gasteiger partial charge in [-0.25, -0.2) is 23.1 Å². The molecule has 4 N–H and O–H groups in total. The number of carbonyl (C=O) groups excluding carboxylic acids is 1. The van der Waals surface area contributed by atoms with Crippen molar-refractivity contribution in [2.24, 2.45) is 5.41 Å². The monoisotopic (exact) mass is 287 g/mol. The number of aromatic nitrogens is 2. The Morgan fingerprint density at radius 2 is 1.89 bits per heavy atom. The van der Waals surface area contributed by atoms with E-state index in [1.54, 1.807) is 13.8 Å². The average molecular weight is 287 g/mol. The van der Waals surface area contributed by atoms with Gasteiger partial charge in [0.25, 0.3) is 0 Å². The van der Waals surface area contributed by atoms with Gasteiger partial charge < -0.3 is 11.1 Å². The lowest BCUT2D eigenvalue weighted by Crippen LogP contribution is -2.43. The number of carbonyl (C=O) groups is 1. The lowest BCUT2D eigenvalue weighted by atomic mass is 9.93. The van der Waals surface area contributed by atoms with E-state index in [0.29, 0.717) is 0 Å². The third kappa shape index (κ3) is 3.86. The Morgan fingerprint density at radius 3 is 2.37 bits per heavy atom. The highest BCUT2D eigenvalue weighted by atomic mass is 32.2. The molecule has 19 heavy (non-hydrogen) atoms. The second-order valence-electron chi connectivity index (χ2n) is 4.56. The number of sulfonamides is 1. The largest absolute Gasteiger partial charge is 0.368 e. The van der Waals surface area contributed by atoms with Crippen LogP contribution in [0.2, 0.25) is 0 Å². The number of nitrogens with two attached hydrogens (primary N) is 1. The zero-order chi connectivity index (χ0) is 14.7. The minimum Gasteiger partial charge on any atom is -0.368 e. The number of rotatable bonds is 5. The normalized spacial score (nSPS) is 12.2. The predicted octanol–water partition coefficient (Wildman–Crippen LogP) is -0.891. The van der Waals surface area contributed by atoms with Crippen LogP contribution in [0, 0.1) is 5.41 Å². The molecule has 0 atom stereocenters. The molecule has 8 nitrogen and oxygen atoms in total. The number of nitrogens with zero attached hydrogens (tertiary/aromatic N) is 2. The van der Waals surface area contributed by atoms with Gasteiger partial charge in [0.15, 0.2) is 0 Å². The number of nitrogen functional groups attached to an aromatic ring is 1.